The molecule has 2 rings (SSSR count). The molecule has 0 saturated carbocycles. The smallest absolute Gasteiger partial charge is 0.189 e. The lowest BCUT2D eigenvalue weighted by Crippen LogP contribution is -2.13. The molecule has 0 aliphatic carbocycles. The Labute approximate surface area is 233 Å². The Morgan fingerprint density at radius 1 is 0.923 bits per heavy atom. The van der Waals surface area contributed by atoms with Crippen LogP contribution in [0, 0.1) is 12.8 Å². The van der Waals surface area contributed by atoms with Gasteiger partial charge in [-0.3, -0.25) is 4.79 Å². The van der Waals surface area contributed by atoms with Crippen LogP contribution in [0.2, 0.25) is 0 Å². The largest absolute Gasteiger partial charge is 0.496 e. The second kappa shape index (κ2) is 15.8. The summed E-state index contributed by atoms with van der Waals surface area (Å²) in [6, 6.07) is 7.13. The Hall–Kier alpha value is -3.55. The topological polar surface area (TPSA) is 72.5 Å². The minimum atomic E-state index is -0.193. The molecule has 1 unspecified atom stereocenters. The van der Waals surface area contributed by atoms with Crippen molar-refractivity contribution in [1.82, 2.24) is 0 Å². The van der Waals surface area contributed by atoms with Crippen LogP contribution in [0.5, 0.6) is 23.0 Å². The van der Waals surface area contributed by atoms with E-state index >= 15 is 0 Å². The summed E-state index contributed by atoms with van der Waals surface area (Å²) in [5.41, 5.74) is 5.26. The third kappa shape index (κ3) is 9.01. The lowest BCUT2D eigenvalue weighted by atomic mass is 9.86. The fourth-order valence-corrected chi connectivity index (χ4v) is 4.15. The molecule has 212 valence electrons. The summed E-state index contributed by atoms with van der Waals surface area (Å²) in [4.78, 5) is 13.6. The highest BCUT2D eigenvalue weighted by molar-refractivity contribution is 6.10. The van der Waals surface area contributed by atoms with Crippen LogP contribution in [0.1, 0.15) is 54.2 Å². The number of rotatable bonds is 16. The summed E-state index contributed by atoms with van der Waals surface area (Å²) in [6.45, 7) is 12.6. The van der Waals surface area contributed by atoms with E-state index in [1.165, 1.54) is 11.6 Å². The second-order valence-electron chi connectivity index (χ2n) is 9.52. The van der Waals surface area contributed by atoms with Gasteiger partial charge in [0.2, 0.25) is 0 Å². The Bertz CT molecular complexity index is 1190. The van der Waals surface area contributed by atoms with Gasteiger partial charge in [0.1, 0.15) is 23.0 Å². The van der Waals surface area contributed by atoms with Crippen LogP contribution in [0.15, 0.2) is 54.1 Å². The third-order valence-corrected chi connectivity index (χ3v) is 6.35. The van der Waals surface area contributed by atoms with Gasteiger partial charge in [-0.2, -0.15) is 0 Å². The molecule has 7 heteroatoms. The number of carbonyl (C=O) groups excluding carboxylic acids is 1. The van der Waals surface area contributed by atoms with Crippen molar-refractivity contribution in [1.29, 1.82) is 0 Å². The van der Waals surface area contributed by atoms with Gasteiger partial charge in [-0.1, -0.05) is 23.8 Å². The van der Waals surface area contributed by atoms with Crippen molar-refractivity contribution in [3.05, 3.63) is 76.4 Å². The Morgan fingerprint density at radius 3 is 2.18 bits per heavy atom. The maximum absolute atomic E-state index is 13.6. The standard InChI is InChI=1S/C32H42O7/c1-21(2)10-11-25(22(3)4)16-27-23(5)32(31(37-9)18-30(27)39-20-35-7)28(33)15-13-24-12-14-26(38-19-34-6)17-29(24)36-8/h10,12-15,17-18,25H,3,11,16,19-20H2,1-2,4-9H3/b15-13+. The van der Waals surface area contributed by atoms with Gasteiger partial charge in [0.15, 0.2) is 19.4 Å². The first-order valence-corrected chi connectivity index (χ1v) is 12.8. The van der Waals surface area contributed by atoms with Crippen LogP contribution in [0.4, 0.5) is 0 Å². The van der Waals surface area contributed by atoms with Gasteiger partial charge in [0.05, 0.1) is 19.8 Å². The SMILES string of the molecule is C=C(C)C(CC=C(C)C)Cc1c(OCOC)cc(OC)c(C(=O)/C=C/c2ccc(OCOC)cc2OC)c1C. The van der Waals surface area contributed by atoms with Gasteiger partial charge in [0.25, 0.3) is 0 Å². The highest BCUT2D eigenvalue weighted by atomic mass is 16.7. The van der Waals surface area contributed by atoms with Crippen LogP contribution >= 0.6 is 0 Å². The monoisotopic (exact) mass is 538 g/mol. The number of methoxy groups -OCH3 is 4. The molecular formula is C32H42O7. The minimum absolute atomic E-state index is 0.0817. The van der Waals surface area contributed by atoms with E-state index in [9.17, 15) is 4.79 Å². The van der Waals surface area contributed by atoms with Crippen molar-refractivity contribution in [3.63, 3.8) is 0 Å². The van der Waals surface area contributed by atoms with Crippen molar-refractivity contribution in [3.8, 4) is 23.0 Å². The Balaban J connectivity index is 2.52. The molecule has 39 heavy (non-hydrogen) atoms. The quantitative estimate of drug-likeness (QED) is 0.0989. The highest BCUT2D eigenvalue weighted by Gasteiger charge is 2.23. The molecule has 0 heterocycles. The zero-order valence-electron chi connectivity index (χ0n) is 24.5. The summed E-state index contributed by atoms with van der Waals surface area (Å²) < 4.78 is 32.7. The first-order chi connectivity index (χ1) is 18.7. The van der Waals surface area contributed by atoms with Gasteiger partial charge in [0, 0.05) is 31.9 Å². The molecule has 0 spiro atoms. The number of benzene rings is 2. The van der Waals surface area contributed by atoms with Crippen LogP contribution in [0.25, 0.3) is 6.08 Å². The number of hydrogen-bond donors (Lipinski definition) is 0. The maximum atomic E-state index is 13.6. The Kier molecular flexibility index (Phi) is 12.8. The average Bonchev–Trinajstić information content (AvgIpc) is 2.91. The molecule has 0 aliphatic heterocycles. The van der Waals surface area contributed by atoms with Crippen molar-refractivity contribution in [2.75, 3.05) is 42.0 Å². The van der Waals surface area contributed by atoms with Crippen LogP contribution in [0.3, 0.4) is 0 Å². The number of carbonyl (C=O) groups is 1. The van der Waals surface area contributed by atoms with Crippen LogP contribution in [-0.2, 0) is 15.9 Å². The average molecular weight is 539 g/mol. The first-order valence-electron chi connectivity index (χ1n) is 12.8. The van der Waals surface area contributed by atoms with Crippen molar-refractivity contribution in [2.24, 2.45) is 5.92 Å². The zero-order chi connectivity index (χ0) is 28.9. The van der Waals surface area contributed by atoms with E-state index in [2.05, 4.69) is 26.5 Å². The molecule has 0 aromatic heterocycles. The van der Waals surface area contributed by atoms with E-state index in [1.54, 1.807) is 52.7 Å². The number of allylic oxidation sites excluding steroid dienone is 4. The normalized spacial score (nSPS) is 11.7. The molecule has 0 bridgehead atoms. The second-order valence-corrected chi connectivity index (χ2v) is 9.52. The third-order valence-electron chi connectivity index (χ3n) is 6.35. The van der Waals surface area contributed by atoms with E-state index in [-0.39, 0.29) is 25.3 Å². The zero-order valence-corrected chi connectivity index (χ0v) is 24.5. The molecule has 0 N–H and O–H groups in total. The summed E-state index contributed by atoms with van der Waals surface area (Å²) >= 11 is 0. The van der Waals surface area contributed by atoms with Crippen LogP contribution in [-0.4, -0.2) is 47.8 Å². The van der Waals surface area contributed by atoms with Gasteiger partial charge in [-0.25, -0.2) is 0 Å². The van der Waals surface area contributed by atoms with Gasteiger partial charge in [-0.05, 0) is 81.9 Å². The predicted octanol–water partition coefficient (Wildman–Crippen LogP) is 6.96. The summed E-state index contributed by atoms with van der Waals surface area (Å²) in [7, 11) is 6.24. The van der Waals surface area contributed by atoms with Crippen LogP contribution < -0.4 is 18.9 Å². The van der Waals surface area contributed by atoms with Gasteiger partial charge >= 0.3 is 0 Å². The van der Waals surface area contributed by atoms with E-state index in [0.29, 0.717) is 35.0 Å². The molecule has 2 aromatic rings. The van der Waals surface area contributed by atoms with Gasteiger partial charge < -0.3 is 28.4 Å². The molecule has 0 amide bonds. The number of hydrogen-bond acceptors (Lipinski definition) is 7. The van der Waals surface area contributed by atoms with E-state index in [0.717, 1.165) is 28.7 Å². The molecule has 7 nitrogen and oxygen atoms in total. The fraction of sp³-hybridized carbons (Fsp3) is 0.406. The molecule has 1 atom stereocenters. The van der Waals surface area contributed by atoms with Crippen molar-refractivity contribution < 1.29 is 33.2 Å². The highest BCUT2D eigenvalue weighted by Crippen LogP contribution is 2.37. The summed E-state index contributed by atoms with van der Waals surface area (Å²) in [5, 5.41) is 0. The minimum Gasteiger partial charge on any atom is -0.496 e. The predicted molar refractivity (Wildman–Crippen MR) is 155 cm³/mol. The van der Waals surface area contributed by atoms with Gasteiger partial charge in [-0.15, -0.1) is 0 Å². The van der Waals surface area contributed by atoms with Crippen molar-refractivity contribution >= 4 is 11.9 Å². The molecule has 0 saturated heterocycles. The summed E-state index contributed by atoms with van der Waals surface area (Å²) in [6.07, 6.45) is 6.97. The maximum Gasteiger partial charge on any atom is 0.189 e. The molecular weight excluding hydrogens is 496 g/mol. The van der Waals surface area contributed by atoms with E-state index in [1.807, 2.05) is 19.9 Å². The lowest BCUT2D eigenvalue weighted by molar-refractivity contribution is 0.0501. The fourth-order valence-electron chi connectivity index (χ4n) is 4.15. The summed E-state index contributed by atoms with van der Waals surface area (Å²) in [5.74, 6) is 2.22. The molecule has 0 radical (unpaired) electrons. The van der Waals surface area contributed by atoms with E-state index < -0.39 is 0 Å². The Morgan fingerprint density at radius 2 is 1.59 bits per heavy atom. The number of ketones is 1. The van der Waals surface area contributed by atoms with Crippen molar-refractivity contribution in [2.45, 2.75) is 40.5 Å². The van der Waals surface area contributed by atoms with E-state index in [4.69, 9.17) is 28.4 Å². The lowest BCUT2D eigenvalue weighted by Gasteiger charge is -2.23. The molecule has 2 aromatic carbocycles. The molecule has 0 fully saturated rings. The first kappa shape index (κ1) is 31.7. The molecule has 0 aliphatic rings. The number of ether oxygens (including phenoxy) is 6.